The molecule has 1 unspecified atom stereocenters. The van der Waals surface area contributed by atoms with Gasteiger partial charge in [-0.2, -0.15) is 0 Å². The van der Waals surface area contributed by atoms with Gasteiger partial charge in [0, 0.05) is 6.04 Å². The van der Waals surface area contributed by atoms with Gasteiger partial charge in [-0.05, 0) is 31.9 Å². The molecule has 0 aromatic heterocycles. The summed E-state index contributed by atoms with van der Waals surface area (Å²) in [5.74, 6) is -0.668. The molecule has 2 rings (SSSR count). The second-order valence-electron chi connectivity index (χ2n) is 5.26. The van der Waals surface area contributed by atoms with E-state index in [-0.39, 0.29) is 11.9 Å². The Hall–Kier alpha value is -1.84. The zero-order chi connectivity index (χ0) is 14.4. The Kier molecular flexibility index (Phi) is 5.16. The van der Waals surface area contributed by atoms with E-state index in [9.17, 15) is 9.59 Å². The van der Waals surface area contributed by atoms with Gasteiger partial charge in [0.15, 0.2) is 6.10 Å². The quantitative estimate of drug-likeness (QED) is 0.859. The molecule has 0 heterocycles. The van der Waals surface area contributed by atoms with Gasteiger partial charge in [-0.25, -0.2) is 4.79 Å². The fraction of sp³-hybridized carbons (Fsp3) is 0.500. The first-order valence-corrected chi connectivity index (χ1v) is 7.23. The molecule has 4 nitrogen and oxygen atoms in total. The molecule has 1 aromatic rings. The first-order chi connectivity index (χ1) is 9.66. The normalized spacial score (nSPS) is 17.2. The van der Waals surface area contributed by atoms with Crippen LogP contribution in [-0.4, -0.2) is 24.0 Å². The Morgan fingerprint density at radius 3 is 2.45 bits per heavy atom. The smallest absolute Gasteiger partial charge is 0.338 e. The molecule has 0 radical (unpaired) electrons. The molecule has 0 saturated heterocycles. The van der Waals surface area contributed by atoms with Gasteiger partial charge in [0.05, 0.1) is 5.56 Å². The van der Waals surface area contributed by atoms with E-state index >= 15 is 0 Å². The molecule has 108 valence electrons. The topological polar surface area (TPSA) is 55.4 Å². The van der Waals surface area contributed by atoms with Crippen LogP contribution < -0.4 is 5.32 Å². The number of carbonyl (C=O) groups is 2. The molecule has 4 heteroatoms. The lowest BCUT2D eigenvalue weighted by Gasteiger charge is -2.24. The Labute approximate surface area is 119 Å². The second-order valence-corrected chi connectivity index (χ2v) is 5.26. The molecular weight excluding hydrogens is 254 g/mol. The molecule has 1 aromatic carbocycles. The molecule has 1 aliphatic carbocycles. The maximum atomic E-state index is 12.0. The van der Waals surface area contributed by atoms with Crippen molar-refractivity contribution in [1.82, 2.24) is 5.32 Å². The van der Waals surface area contributed by atoms with Crippen LogP contribution in [0.15, 0.2) is 30.3 Å². The van der Waals surface area contributed by atoms with Crippen molar-refractivity contribution in [3.05, 3.63) is 35.9 Å². The minimum Gasteiger partial charge on any atom is -0.449 e. The third-order valence-electron chi connectivity index (χ3n) is 3.61. The van der Waals surface area contributed by atoms with E-state index in [4.69, 9.17) is 4.74 Å². The highest BCUT2D eigenvalue weighted by atomic mass is 16.5. The van der Waals surface area contributed by atoms with E-state index < -0.39 is 12.1 Å². The highest BCUT2D eigenvalue weighted by Gasteiger charge is 2.22. The van der Waals surface area contributed by atoms with Gasteiger partial charge < -0.3 is 10.1 Å². The molecular formula is C16H21NO3. The molecule has 1 N–H and O–H groups in total. The first-order valence-electron chi connectivity index (χ1n) is 7.23. The lowest BCUT2D eigenvalue weighted by Crippen LogP contribution is -2.42. The van der Waals surface area contributed by atoms with Crippen LogP contribution >= 0.6 is 0 Å². The number of benzene rings is 1. The second kappa shape index (κ2) is 7.08. The number of esters is 1. The van der Waals surface area contributed by atoms with Crippen LogP contribution in [0.4, 0.5) is 0 Å². The number of rotatable bonds is 4. The monoisotopic (exact) mass is 275 g/mol. The van der Waals surface area contributed by atoms with E-state index in [0.29, 0.717) is 5.56 Å². The summed E-state index contributed by atoms with van der Waals surface area (Å²) < 4.78 is 5.19. The van der Waals surface area contributed by atoms with E-state index in [1.165, 1.54) is 6.42 Å². The summed E-state index contributed by atoms with van der Waals surface area (Å²) in [5, 5.41) is 2.96. The largest absolute Gasteiger partial charge is 0.449 e. The fourth-order valence-electron chi connectivity index (χ4n) is 2.42. The molecule has 1 aliphatic rings. The van der Waals surface area contributed by atoms with E-state index in [1.54, 1.807) is 31.2 Å². The highest BCUT2D eigenvalue weighted by molar-refractivity contribution is 5.92. The van der Waals surface area contributed by atoms with Crippen molar-refractivity contribution in [2.24, 2.45) is 0 Å². The van der Waals surface area contributed by atoms with Crippen molar-refractivity contribution in [3.63, 3.8) is 0 Å². The lowest BCUT2D eigenvalue weighted by molar-refractivity contribution is -0.130. The van der Waals surface area contributed by atoms with E-state index in [2.05, 4.69) is 5.32 Å². The van der Waals surface area contributed by atoms with Crippen LogP contribution in [0.3, 0.4) is 0 Å². The molecule has 1 saturated carbocycles. The molecule has 0 bridgehead atoms. The van der Waals surface area contributed by atoms with Gasteiger partial charge in [-0.1, -0.05) is 37.5 Å². The van der Waals surface area contributed by atoms with Crippen molar-refractivity contribution in [2.45, 2.75) is 51.2 Å². The molecule has 0 spiro atoms. The lowest BCUT2D eigenvalue weighted by atomic mass is 9.95. The molecule has 1 fully saturated rings. The van der Waals surface area contributed by atoms with Crippen molar-refractivity contribution >= 4 is 11.9 Å². The van der Waals surface area contributed by atoms with Crippen LogP contribution in [-0.2, 0) is 9.53 Å². The van der Waals surface area contributed by atoms with Gasteiger partial charge in [0.25, 0.3) is 5.91 Å². The summed E-state index contributed by atoms with van der Waals surface area (Å²) in [6.45, 7) is 1.61. The van der Waals surface area contributed by atoms with Crippen LogP contribution in [0.1, 0.15) is 49.4 Å². The Bertz CT molecular complexity index is 452. The summed E-state index contributed by atoms with van der Waals surface area (Å²) in [5.41, 5.74) is 0.463. The molecule has 0 aliphatic heterocycles. The number of hydrogen-bond donors (Lipinski definition) is 1. The standard InChI is InChI=1S/C16H21NO3/c1-12(15(18)17-14-10-6-3-7-11-14)20-16(19)13-8-4-2-5-9-13/h2,4-5,8-9,12,14H,3,6-7,10-11H2,1H3,(H,17,18). The van der Waals surface area contributed by atoms with Gasteiger partial charge >= 0.3 is 5.97 Å². The summed E-state index contributed by atoms with van der Waals surface area (Å²) in [6, 6.07) is 8.94. The SMILES string of the molecule is CC(OC(=O)c1ccccc1)C(=O)NC1CCCCC1. The zero-order valence-electron chi connectivity index (χ0n) is 11.8. The van der Waals surface area contributed by atoms with Crippen molar-refractivity contribution < 1.29 is 14.3 Å². The first kappa shape index (κ1) is 14.6. The average Bonchev–Trinajstić information content (AvgIpc) is 2.49. The number of ether oxygens (including phenoxy) is 1. The van der Waals surface area contributed by atoms with Gasteiger partial charge in [-0.3, -0.25) is 4.79 Å². The number of nitrogens with one attached hydrogen (secondary N) is 1. The van der Waals surface area contributed by atoms with Crippen LogP contribution in [0.5, 0.6) is 0 Å². The Balaban J connectivity index is 1.83. The summed E-state index contributed by atoms with van der Waals surface area (Å²) >= 11 is 0. The third-order valence-corrected chi connectivity index (χ3v) is 3.61. The summed E-state index contributed by atoms with van der Waals surface area (Å²) in [6.07, 6.45) is 4.83. The Morgan fingerprint density at radius 2 is 1.80 bits per heavy atom. The van der Waals surface area contributed by atoms with Crippen molar-refractivity contribution in [3.8, 4) is 0 Å². The maximum absolute atomic E-state index is 12.0. The van der Waals surface area contributed by atoms with Gasteiger partial charge in [-0.15, -0.1) is 0 Å². The predicted molar refractivity (Wildman–Crippen MR) is 76.3 cm³/mol. The zero-order valence-corrected chi connectivity index (χ0v) is 11.8. The minimum atomic E-state index is -0.760. The van der Waals surface area contributed by atoms with E-state index in [1.807, 2.05) is 6.07 Å². The van der Waals surface area contributed by atoms with Gasteiger partial charge in [0.2, 0.25) is 0 Å². The minimum absolute atomic E-state index is 0.207. The molecule has 1 atom stereocenters. The number of carbonyl (C=O) groups excluding carboxylic acids is 2. The van der Waals surface area contributed by atoms with Crippen molar-refractivity contribution in [2.75, 3.05) is 0 Å². The van der Waals surface area contributed by atoms with E-state index in [0.717, 1.165) is 25.7 Å². The highest BCUT2D eigenvalue weighted by Crippen LogP contribution is 2.17. The number of hydrogen-bond acceptors (Lipinski definition) is 3. The van der Waals surface area contributed by atoms with Crippen LogP contribution in [0.25, 0.3) is 0 Å². The Morgan fingerprint density at radius 1 is 1.15 bits per heavy atom. The fourth-order valence-corrected chi connectivity index (χ4v) is 2.42. The van der Waals surface area contributed by atoms with Crippen LogP contribution in [0.2, 0.25) is 0 Å². The average molecular weight is 275 g/mol. The number of amides is 1. The summed E-state index contributed by atoms with van der Waals surface area (Å²) in [7, 11) is 0. The third kappa shape index (κ3) is 4.08. The van der Waals surface area contributed by atoms with Crippen molar-refractivity contribution in [1.29, 1.82) is 0 Å². The van der Waals surface area contributed by atoms with Gasteiger partial charge in [0.1, 0.15) is 0 Å². The maximum Gasteiger partial charge on any atom is 0.338 e. The molecule has 1 amide bonds. The van der Waals surface area contributed by atoms with Crippen LogP contribution in [0, 0.1) is 0 Å². The summed E-state index contributed by atoms with van der Waals surface area (Å²) in [4.78, 5) is 23.8. The molecule has 20 heavy (non-hydrogen) atoms. The predicted octanol–water partition coefficient (Wildman–Crippen LogP) is 2.68.